The van der Waals surface area contributed by atoms with Gasteiger partial charge in [0.05, 0.1) is 31.3 Å². The summed E-state index contributed by atoms with van der Waals surface area (Å²) in [5.41, 5.74) is 1.43. The molecule has 0 aromatic carbocycles. The maximum Gasteiger partial charge on any atom is 0.305 e. The Hall–Kier alpha value is -3.22. The summed E-state index contributed by atoms with van der Waals surface area (Å²) in [6.07, 6.45) is 13.5. The molecule has 2 aliphatic rings. The van der Waals surface area contributed by atoms with Crippen LogP contribution in [0.5, 0.6) is 0 Å². The van der Waals surface area contributed by atoms with Gasteiger partial charge in [-0.3, -0.25) is 14.4 Å². The van der Waals surface area contributed by atoms with Crippen molar-refractivity contribution in [3.8, 4) is 0 Å². The van der Waals surface area contributed by atoms with Crippen molar-refractivity contribution in [2.24, 2.45) is 11.8 Å². The Bertz CT molecular complexity index is 1340. The minimum atomic E-state index is -0.953. The molecule has 1 aromatic heterocycles. The zero-order chi connectivity index (χ0) is 32.8. The predicted octanol–water partition coefficient (Wildman–Crippen LogP) is 7.01. The molecule has 0 amide bonds. The lowest BCUT2D eigenvalue weighted by Crippen LogP contribution is -2.33. The van der Waals surface area contributed by atoms with Crippen molar-refractivity contribution in [1.82, 2.24) is 4.98 Å². The number of rotatable bonds is 20. The number of carbonyl (C=O) groups excluding carboxylic acids is 3. The third kappa shape index (κ3) is 10.4. The van der Waals surface area contributed by atoms with Crippen LogP contribution in [0, 0.1) is 11.8 Å². The average molecular weight is 622 g/mol. The topological polar surface area (TPSA) is 91.8 Å². The molecule has 7 heteroatoms. The molecule has 0 aliphatic heterocycles. The summed E-state index contributed by atoms with van der Waals surface area (Å²) >= 11 is 0. The smallest absolute Gasteiger partial charge is 0.305 e. The lowest BCUT2D eigenvalue weighted by atomic mass is 9.96. The molecule has 0 radical (unpaired) electrons. The molecule has 45 heavy (non-hydrogen) atoms. The number of nitrogens with zero attached hydrogens (tertiary/aromatic N) is 1. The number of esters is 1. The molecule has 0 saturated heterocycles. The van der Waals surface area contributed by atoms with Gasteiger partial charge in [0.2, 0.25) is 0 Å². The van der Waals surface area contributed by atoms with Crippen molar-refractivity contribution in [1.29, 1.82) is 0 Å². The van der Waals surface area contributed by atoms with Crippen LogP contribution < -0.4 is 10.6 Å². The lowest BCUT2D eigenvalue weighted by molar-refractivity contribution is -0.145. The van der Waals surface area contributed by atoms with Crippen LogP contribution in [-0.2, 0) is 28.6 Å². The van der Waals surface area contributed by atoms with Gasteiger partial charge in [0.1, 0.15) is 17.0 Å². The number of ketones is 2. The largest absolute Gasteiger partial charge is 0.498 e. The van der Waals surface area contributed by atoms with E-state index in [1.807, 2.05) is 13.0 Å². The number of pyridine rings is 1. The molecule has 0 fully saturated rings. The molecule has 7 nitrogen and oxygen atoms in total. The van der Waals surface area contributed by atoms with Gasteiger partial charge in [-0.15, -0.1) is 0 Å². The molecule has 248 valence electrons. The van der Waals surface area contributed by atoms with E-state index in [0.717, 1.165) is 44.9 Å². The van der Waals surface area contributed by atoms with Gasteiger partial charge in [0, 0.05) is 24.0 Å². The first-order valence-corrected chi connectivity index (χ1v) is 17.3. The summed E-state index contributed by atoms with van der Waals surface area (Å²) in [6.45, 7) is 16.2. The van der Waals surface area contributed by atoms with E-state index >= 15 is 0 Å². The highest BCUT2D eigenvalue weighted by Gasteiger charge is 2.43. The first kappa shape index (κ1) is 36.3. The second-order valence-electron chi connectivity index (χ2n) is 12.6. The van der Waals surface area contributed by atoms with Gasteiger partial charge in [0.25, 0.3) is 0 Å². The monoisotopic (exact) mass is 621 g/mol. The summed E-state index contributed by atoms with van der Waals surface area (Å²) in [7, 11) is 0. The number of allylic oxidation sites excluding steroid dienone is 4. The normalized spacial score (nSPS) is 18.3. The molecular weight excluding hydrogens is 566 g/mol. The molecule has 0 saturated carbocycles. The molecule has 1 heterocycles. The van der Waals surface area contributed by atoms with Crippen molar-refractivity contribution >= 4 is 29.9 Å². The summed E-state index contributed by atoms with van der Waals surface area (Å²) in [6, 6.07) is 3.54. The molecule has 3 unspecified atom stereocenters. The van der Waals surface area contributed by atoms with Crippen LogP contribution in [0.25, 0.3) is 12.3 Å². The van der Waals surface area contributed by atoms with Crippen LogP contribution in [0.4, 0.5) is 0 Å². The van der Waals surface area contributed by atoms with Gasteiger partial charge in [-0.05, 0) is 68.2 Å². The Kier molecular flexibility index (Phi) is 15.0. The zero-order valence-corrected chi connectivity index (χ0v) is 28.4. The second-order valence-corrected chi connectivity index (χ2v) is 12.6. The van der Waals surface area contributed by atoms with Gasteiger partial charge in [-0.1, -0.05) is 78.9 Å². The van der Waals surface area contributed by atoms with Crippen LogP contribution >= 0.6 is 0 Å². The number of hydrogen-bond acceptors (Lipinski definition) is 7. The van der Waals surface area contributed by atoms with Gasteiger partial charge >= 0.3 is 5.97 Å². The molecule has 2 aliphatic carbocycles. The standard InChI is InChI=1S/C38H55NO6/c1-7-11-15-28(9-3)24-44-27(6)36-26(5)18-21-33(39-36)35-37(41)31-20-19-30(23-32(31)38(35)42)43-22-14-13-17-34(40)45-25-29(10-4)16-12-8-2/h18,21,23,28-29,35H,5,7-17,19-20,22,24-25H2,1-4,6H3/b36-27-. The van der Waals surface area contributed by atoms with Crippen LogP contribution in [0.2, 0.25) is 0 Å². The van der Waals surface area contributed by atoms with E-state index in [1.54, 1.807) is 12.1 Å². The molecule has 3 rings (SSSR count). The van der Waals surface area contributed by atoms with Crippen LogP contribution in [0.15, 0.2) is 35.1 Å². The first-order valence-electron chi connectivity index (χ1n) is 17.3. The fraction of sp³-hybridized carbons (Fsp3) is 0.632. The molecular formula is C38H55NO6. The third-order valence-corrected chi connectivity index (χ3v) is 9.13. The van der Waals surface area contributed by atoms with Gasteiger partial charge in [-0.2, -0.15) is 0 Å². The molecule has 0 spiro atoms. The Labute approximate surface area is 270 Å². The van der Waals surface area contributed by atoms with Crippen molar-refractivity contribution in [2.45, 2.75) is 124 Å². The summed E-state index contributed by atoms with van der Waals surface area (Å²) in [4.78, 5) is 43.9. The zero-order valence-electron chi connectivity index (χ0n) is 28.4. The SMILES string of the molecule is C=c1ccc(C2C(=O)C3=C(CCC(OCCCCC(=O)OCC(CC)CCCC)=C3)C2=O)n/c1=C(/C)OCC(CC)CCCC. The lowest BCUT2D eigenvalue weighted by Gasteiger charge is -2.16. The minimum absolute atomic E-state index is 0.155. The van der Waals surface area contributed by atoms with Crippen molar-refractivity contribution in [3.05, 3.63) is 51.4 Å². The van der Waals surface area contributed by atoms with Gasteiger partial charge in [-0.25, -0.2) is 4.98 Å². The van der Waals surface area contributed by atoms with E-state index < -0.39 is 5.92 Å². The van der Waals surface area contributed by atoms with Crippen LogP contribution in [0.3, 0.4) is 0 Å². The number of Topliss-reactive ketones (excluding diaryl/α,β-unsaturated/α-hetero) is 2. The van der Waals surface area contributed by atoms with Crippen molar-refractivity contribution in [2.75, 3.05) is 19.8 Å². The highest BCUT2D eigenvalue weighted by Crippen LogP contribution is 2.38. The van der Waals surface area contributed by atoms with Crippen molar-refractivity contribution < 1.29 is 28.6 Å². The van der Waals surface area contributed by atoms with E-state index in [2.05, 4.69) is 34.3 Å². The summed E-state index contributed by atoms with van der Waals surface area (Å²) < 4.78 is 17.6. The fourth-order valence-electron chi connectivity index (χ4n) is 5.94. The van der Waals surface area contributed by atoms with Gasteiger partial charge in [0.15, 0.2) is 11.6 Å². The fourth-order valence-corrected chi connectivity index (χ4v) is 5.94. The van der Waals surface area contributed by atoms with E-state index in [0.29, 0.717) is 103 Å². The maximum atomic E-state index is 13.5. The number of unbranched alkanes of at least 4 members (excludes halogenated alkanes) is 3. The first-order chi connectivity index (χ1) is 21.7. The molecule has 1 aromatic rings. The predicted molar refractivity (Wildman–Crippen MR) is 179 cm³/mol. The van der Waals surface area contributed by atoms with E-state index in [-0.39, 0.29) is 17.5 Å². The quantitative estimate of drug-likeness (QED) is 0.0879. The van der Waals surface area contributed by atoms with Crippen LogP contribution in [0.1, 0.15) is 130 Å². The summed E-state index contributed by atoms with van der Waals surface area (Å²) in [5, 5.41) is 1.29. The highest BCUT2D eigenvalue weighted by atomic mass is 16.5. The summed E-state index contributed by atoms with van der Waals surface area (Å²) in [5.74, 6) is 0.759. The van der Waals surface area contributed by atoms with E-state index in [4.69, 9.17) is 19.2 Å². The van der Waals surface area contributed by atoms with Crippen LogP contribution in [-0.4, -0.2) is 42.3 Å². The second kappa shape index (κ2) is 18.7. The Morgan fingerprint density at radius 3 is 2.22 bits per heavy atom. The number of ether oxygens (including phenoxy) is 3. The number of carbonyl (C=O) groups is 3. The Morgan fingerprint density at radius 2 is 1.58 bits per heavy atom. The Balaban J connectivity index is 1.55. The Morgan fingerprint density at radius 1 is 0.911 bits per heavy atom. The average Bonchev–Trinajstić information content (AvgIpc) is 3.29. The third-order valence-electron chi connectivity index (χ3n) is 9.13. The van der Waals surface area contributed by atoms with E-state index in [9.17, 15) is 14.4 Å². The van der Waals surface area contributed by atoms with Gasteiger partial charge < -0.3 is 14.2 Å². The van der Waals surface area contributed by atoms with Crippen molar-refractivity contribution in [3.63, 3.8) is 0 Å². The maximum absolute atomic E-state index is 13.5. The highest BCUT2D eigenvalue weighted by molar-refractivity contribution is 6.29. The molecule has 3 atom stereocenters. The number of aromatic nitrogens is 1. The number of hydrogen-bond donors (Lipinski definition) is 0. The minimum Gasteiger partial charge on any atom is -0.498 e. The van der Waals surface area contributed by atoms with E-state index in [1.165, 1.54) is 6.42 Å². The molecule has 0 N–H and O–H groups in total. The molecule has 0 bridgehead atoms.